The van der Waals surface area contributed by atoms with Crippen LogP contribution in [0.2, 0.25) is 0 Å². The summed E-state index contributed by atoms with van der Waals surface area (Å²) in [5.41, 5.74) is 3.41. The van der Waals surface area contributed by atoms with Gasteiger partial charge in [-0.3, -0.25) is 4.90 Å². The van der Waals surface area contributed by atoms with Crippen LogP contribution in [0.4, 0.5) is 0 Å². The van der Waals surface area contributed by atoms with Gasteiger partial charge in [0.25, 0.3) is 0 Å². The zero-order valence-electron chi connectivity index (χ0n) is 17.3. The number of hydrogen-bond donors (Lipinski definition) is 0. The number of rotatable bonds is 7. The second-order valence-corrected chi connectivity index (χ2v) is 9.36. The molecule has 2 aromatic rings. The Balaban J connectivity index is 1.45. The first-order valence-electron chi connectivity index (χ1n) is 11.1. The van der Waals surface area contributed by atoms with E-state index >= 15 is 0 Å². The lowest BCUT2D eigenvalue weighted by molar-refractivity contribution is 0.0147. The van der Waals surface area contributed by atoms with Crippen molar-refractivity contribution in [3.8, 4) is 5.75 Å². The van der Waals surface area contributed by atoms with Crippen molar-refractivity contribution in [2.45, 2.75) is 63.3 Å². The number of methoxy groups -OCH3 is 1. The van der Waals surface area contributed by atoms with Crippen molar-refractivity contribution in [2.24, 2.45) is 11.8 Å². The van der Waals surface area contributed by atoms with E-state index in [0.717, 1.165) is 23.8 Å². The van der Waals surface area contributed by atoms with E-state index in [-0.39, 0.29) is 5.41 Å². The molecule has 3 aliphatic rings. The van der Waals surface area contributed by atoms with Crippen LogP contribution in [-0.4, -0.2) is 31.1 Å². The molecule has 3 nitrogen and oxygen atoms in total. The molecule has 1 saturated heterocycles. The number of likely N-dealkylation sites (tertiary alicyclic amines) is 1. The van der Waals surface area contributed by atoms with E-state index < -0.39 is 0 Å². The van der Waals surface area contributed by atoms with Crippen molar-refractivity contribution in [3.63, 3.8) is 0 Å². The van der Waals surface area contributed by atoms with Gasteiger partial charge in [0.2, 0.25) is 0 Å². The van der Waals surface area contributed by atoms with E-state index in [9.17, 15) is 0 Å². The molecule has 3 heteroatoms. The van der Waals surface area contributed by atoms with Crippen LogP contribution in [0.25, 0.3) is 0 Å². The molecule has 3 atom stereocenters. The summed E-state index contributed by atoms with van der Waals surface area (Å²) in [4.78, 5) is 2.83. The SMILES string of the molecule is COc1ccc2c(c1)[C@@]1(CCCc3ccco3)CCN(CC3CC3)C(C2)[C@@H]1C. The van der Waals surface area contributed by atoms with Crippen molar-refractivity contribution >= 4 is 0 Å². The molecule has 2 fully saturated rings. The molecule has 1 aromatic heterocycles. The van der Waals surface area contributed by atoms with Crippen LogP contribution < -0.4 is 4.74 Å². The molecule has 1 saturated carbocycles. The van der Waals surface area contributed by atoms with Crippen LogP contribution in [0.5, 0.6) is 5.75 Å². The smallest absolute Gasteiger partial charge is 0.119 e. The summed E-state index contributed by atoms with van der Waals surface area (Å²) in [6.45, 7) is 5.10. The Hall–Kier alpha value is -1.74. The average molecular weight is 380 g/mol. The molecule has 0 amide bonds. The number of benzene rings is 1. The van der Waals surface area contributed by atoms with Crippen molar-refractivity contribution in [1.29, 1.82) is 0 Å². The fourth-order valence-electron chi connectivity index (χ4n) is 6.04. The van der Waals surface area contributed by atoms with E-state index in [1.165, 1.54) is 51.6 Å². The normalized spacial score (nSPS) is 29.5. The quantitative estimate of drug-likeness (QED) is 0.659. The Morgan fingerprint density at radius 3 is 2.89 bits per heavy atom. The number of piperidine rings is 1. The van der Waals surface area contributed by atoms with Gasteiger partial charge >= 0.3 is 0 Å². The lowest BCUT2D eigenvalue weighted by Crippen LogP contribution is -2.59. The molecule has 0 N–H and O–H groups in total. The predicted molar refractivity (Wildman–Crippen MR) is 112 cm³/mol. The van der Waals surface area contributed by atoms with Gasteiger partial charge in [0.15, 0.2) is 0 Å². The van der Waals surface area contributed by atoms with Crippen LogP contribution in [0, 0.1) is 11.8 Å². The third-order valence-electron chi connectivity index (χ3n) is 7.86. The monoisotopic (exact) mass is 379 g/mol. The minimum absolute atomic E-state index is 0.277. The van der Waals surface area contributed by atoms with Gasteiger partial charge in [-0.1, -0.05) is 13.0 Å². The lowest BCUT2D eigenvalue weighted by Gasteiger charge is -2.56. The molecule has 2 heterocycles. The number of hydrogen-bond acceptors (Lipinski definition) is 3. The first-order valence-corrected chi connectivity index (χ1v) is 11.1. The first kappa shape index (κ1) is 18.3. The van der Waals surface area contributed by atoms with Crippen molar-refractivity contribution in [3.05, 3.63) is 53.5 Å². The van der Waals surface area contributed by atoms with E-state index in [0.29, 0.717) is 12.0 Å². The summed E-state index contributed by atoms with van der Waals surface area (Å²) in [6.07, 6.45) is 10.6. The topological polar surface area (TPSA) is 25.6 Å². The molecule has 1 unspecified atom stereocenters. The summed E-state index contributed by atoms with van der Waals surface area (Å²) in [5.74, 6) is 3.79. The highest BCUT2D eigenvalue weighted by Crippen LogP contribution is 2.52. The second-order valence-electron chi connectivity index (χ2n) is 9.36. The standard InChI is InChI=1S/C25H33NO2/c1-18-24-15-20-9-10-22(27-2)16-23(20)25(18,11-3-5-21-6-4-14-28-21)12-13-26(24)17-19-7-8-19/h4,6,9-10,14,16,18-19,24H,3,5,7-8,11-13,15,17H2,1-2H3/t18-,24?,25-/m0/s1. The Labute approximate surface area is 169 Å². The molecule has 0 spiro atoms. The van der Waals surface area contributed by atoms with Crippen LogP contribution >= 0.6 is 0 Å². The highest BCUT2D eigenvalue weighted by atomic mass is 16.5. The number of fused-ring (bicyclic) bond motifs is 4. The molecule has 1 aliphatic heterocycles. The maximum absolute atomic E-state index is 5.62. The molecule has 28 heavy (non-hydrogen) atoms. The van der Waals surface area contributed by atoms with Crippen LogP contribution in [0.15, 0.2) is 41.0 Å². The van der Waals surface area contributed by atoms with E-state index in [1.807, 2.05) is 6.07 Å². The van der Waals surface area contributed by atoms with Gasteiger partial charge in [-0.15, -0.1) is 0 Å². The van der Waals surface area contributed by atoms with Crippen LogP contribution in [0.1, 0.15) is 55.9 Å². The lowest BCUT2D eigenvalue weighted by atomic mass is 9.56. The second kappa shape index (κ2) is 7.26. The number of nitrogens with zero attached hydrogens (tertiary/aromatic N) is 1. The van der Waals surface area contributed by atoms with Crippen LogP contribution in [0.3, 0.4) is 0 Å². The van der Waals surface area contributed by atoms with Gasteiger partial charge < -0.3 is 9.15 Å². The summed E-state index contributed by atoms with van der Waals surface area (Å²) < 4.78 is 11.2. The third-order valence-corrected chi connectivity index (χ3v) is 7.86. The minimum atomic E-state index is 0.277. The molecule has 5 rings (SSSR count). The Kier molecular flexibility index (Phi) is 4.74. The summed E-state index contributed by atoms with van der Waals surface area (Å²) in [5, 5.41) is 0. The van der Waals surface area contributed by atoms with E-state index in [1.54, 1.807) is 24.5 Å². The van der Waals surface area contributed by atoms with Gasteiger partial charge in [-0.25, -0.2) is 0 Å². The molecular weight excluding hydrogens is 346 g/mol. The maximum atomic E-state index is 5.62. The molecule has 2 aliphatic carbocycles. The minimum Gasteiger partial charge on any atom is -0.497 e. The van der Waals surface area contributed by atoms with Crippen molar-refractivity contribution in [1.82, 2.24) is 4.90 Å². The summed E-state index contributed by atoms with van der Waals surface area (Å²) in [7, 11) is 1.79. The average Bonchev–Trinajstić information content (AvgIpc) is 3.37. The number of furan rings is 1. The highest BCUT2D eigenvalue weighted by molar-refractivity contribution is 5.45. The zero-order valence-corrected chi connectivity index (χ0v) is 17.3. The largest absolute Gasteiger partial charge is 0.497 e. The van der Waals surface area contributed by atoms with Crippen molar-refractivity contribution in [2.75, 3.05) is 20.2 Å². The van der Waals surface area contributed by atoms with Crippen molar-refractivity contribution < 1.29 is 9.15 Å². The van der Waals surface area contributed by atoms with Gasteiger partial charge in [0.05, 0.1) is 13.4 Å². The van der Waals surface area contributed by atoms with Gasteiger partial charge in [0, 0.05) is 24.4 Å². The van der Waals surface area contributed by atoms with E-state index in [4.69, 9.17) is 9.15 Å². The van der Waals surface area contributed by atoms with Gasteiger partial charge in [0.1, 0.15) is 11.5 Å². The highest BCUT2D eigenvalue weighted by Gasteiger charge is 2.51. The summed E-state index contributed by atoms with van der Waals surface area (Å²) in [6, 6.07) is 11.7. The summed E-state index contributed by atoms with van der Waals surface area (Å²) >= 11 is 0. The molecule has 2 bridgehead atoms. The first-order chi connectivity index (χ1) is 13.7. The molecule has 150 valence electrons. The number of ether oxygens (including phenoxy) is 1. The Morgan fingerprint density at radius 2 is 2.14 bits per heavy atom. The molecule has 0 radical (unpaired) electrons. The fourth-order valence-corrected chi connectivity index (χ4v) is 6.04. The van der Waals surface area contributed by atoms with Gasteiger partial charge in [-0.05, 0) is 92.3 Å². The maximum Gasteiger partial charge on any atom is 0.119 e. The third kappa shape index (κ3) is 3.18. The Morgan fingerprint density at radius 1 is 1.25 bits per heavy atom. The number of aryl methyl sites for hydroxylation is 1. The fraction of sp³-hybridized carbons (Fsp3) is 0.600. The van der Waals surface area contributed by atoms with E-state index in [2.05, 4.69) is 36.1 Å². The molecular formula is C25H33NO2. The molecule has 1 aromatic carbocycles. The van der Waals surface area contributed by atoms with Crippen LogP contribution in [-0.2, 0) is 18.3 Å². The zero-order chi connectivity index (χ0) is 19.1. The predicted octanol–water partition coefficient (Wildman–Crippen LogP) is 5.23. The van der Waals surface area contributed by atoms with Gasteiger partial charge in [-0.2, -0.15) is 0 Å². The Bertz CT molecular complexity index is 810.